The van der Waals surface area contributed by atoms with Crippen LogP contribution in [0.3, 0.4) is 0 Å². The highest BCUT2D eigenvalue weighted by Gasteiger charge is 2.14. The number of aromatic nitrogens is 5. The van der Waals surface area contributed by atoms with Crippen molar-refractivity contribution >= 4 is 34.1 Å². The quantitative estimate of drug-likeness (QED) is 0.379. The third-order valence-electron chi connectivity index (χ3n) is 4.34. The van der Waals surface area contributed by atoms with Crippen molar-refractivity contribution < 1.29 is 9.53 Å². The Morgan fingerprint density at radius 1 is 1.25 bits per heavy atom. The van der Waals surface area contributed by atoms with E-state index in [2.05, 4.69) is 42.6 Å². The summed E-state index contributed by atoms with van der Waals surface area (Å²) >= 11 is 2.76. The van der Waals surface area contributed by atoms with Crippen LogP contribution >= 0.6 is 23.1 Å². The molecule has 8 nitrogen and oxygen atoms in total. The normalized spacial score (nSPS) is 11.8. The summed E-state index contributed by atoms with van der Waals surface area (Å²) in [4.78, 5) is 26.5. The van der Waals surface area contributed by atoms with Gasteiger partial charge in [0, 0.05) is 29.6 Å². The Kier molecular flexibility index (Phi) is 7.13. The van der Waals surface area contributed by atoms with Crippen LogP contribution < -0.4 is 10.1 Å². The van der Waals surface area contributed by atoms with Crippen LogP contribution in [-0.4, -0.2) is 37.2 Å². The van der Waals surface area contributed by atoms with Gasteiger partial charge in [-0.1, -0.05) is 30.3 Å². The molecule has 4 aromatic rings. The summed E-state index contributed by atoms with van der Waals surface area (Å²) in [5, 5.41) is 11.4. The Hall–Kier alpha value is -3.24. The molecule has 1 atom stereocenters. The van der Waals surface area contributed by atoms with E-state index in [9.17, 15) is 4.79 Å². The predicted molar refractivity (Wildman–Crippen MR) is 124 cm³/mol. The van der Waals surface area contributed by atoms with Gasteiger partial charge in [-0.05, 0) is 31.2 Å². The Morgan fingerprint density at radius 3 is 2.81 bits per heavy atom. The number of aromatic amines is 1. The number of ether oxygens (including phenoxy) is 1. The zero-order valence-corrected chi connectivity index (χ0v) is 19.2. The minimum Gasteiger partial charge on any atom is -0.490 e. The lowest BCUT2D eigenvalue weighted by molar-refractivity contribution is -0.115. The number of hydrogen-bond acceptors (Lipinski definition) is 8. The van der Waals surface area contributed by atoms with Gasteiger partial charge in [0.05, 0.1) is 18.2 Å². The van der Waals surface area contributed by atoms with Crippen LogP contribution in [0.15, 0.2) is 65.2 Å². The van der Waals surface area contributed by atoms with Crippen molar-refractivity contribution in [3.8, 4) is 5.75 Å². The number of hydrogen-bond donors (Lipinski definition) is 2. The van der Waals surface area contributed by atoms with E-state index in [0.717, 1.165) is 11.3 Å². The Balaban J connectivity index is 1.49. The van der Waals surface area contributed by atoms with Gasteiger partial charge in [0.1, 0.15) is 17.1 Å². The summed E-state index contributed by atoms with van der Waals surface area (Å²) in [7, 11) is 0. The van der Waals surface area contributed by atoms with Crippen molar-refractivity contribution in [2.75, 3.05) is 5.32 Å². The lowest BCUT2D eigenvalue weighted by Crippen LogP contribution is -2.17. The lowest BCUT2D eigenvalue weighted by Gasteiger charge is -2.16. The van der Waals surface area contributed by atoms with E-state index in [1.807, 2.05) is 38.1 Å². The largest absolute Gasteiger partial charge is 0.490 e. The second-order valence-electron chi connectivity index (χ2n) is 7.14. The second kappa shape index (κ2) is 10.4. The molecular formula is C22H22N6O2S2. The predicted octanol–water partition coefficient (Wildman–Crippen LogP) is 4.31. The fourth-order valence-corrected chi connectivity index (χ4v) is 4.46. The van der Waals surface area contributed by atoms with E-state index in [0.29, 0.717) is 26.8 Å². The number of anilines is 1. The Bertz CT molecular complexity index is 1160. The molecule has 4 rings (SSSR count). The molecule has 164 valence electrons. The molecule has 0 aliphatic carbocycles. The summed E-state index contributed by atoms with van der Waals surface area (Å²) < 4.78 is 6.18. The van der Waals surface area contributed by atoms with Gasteiger partial charge in [-0.2, -0.15) is 5.10 Å². The maximum absolute atomic E-state index is 12.5. The van der Waals surface area contributed by atoms with Gasteiger partial charge < -0.3 is 10.1 Å². The molecule has 0 bridgehead atoms. The summed E-state index contributed by atoms with van der Waals surface area (Å²) in [5.74, 6) is 0.468. The SMILES string of the molecule is Cc1cnc(NC(=O)Cc2cc(O[C@@H](C)Cc3ccccc3)cc(Sc3ncn[nH]3)n2)s1. The summed E-state index contributed by atoms with van der Waals surface area (Å²) in [6.45, 7) is 3.97. The molecule has 10 heteroatoms. The van der Waals surface area contributed by atoms with Gasteiger partial charge in [0.25, 0.3) is 0 Å². The molecule has 0 aliphatic rings. The van der Waals surface area contributed by atoms with Crippen molar-refractivity contribution in [2.45, 2.75) is 43.0 Å². The van der Waals surface area contributed by atoms with Crippen LogP contribution in [0.4, 0.5) is 5.13 Å². The van der Waals surface area contributed by atoms with E-state index in [1.165, 1.54) is 35.0 Å². The number of amides is 1. The molecule has 0 fully saturated rings. The van der Waals surface area contributed by atoms with Crippen LogP contribution in [0.2, 0.25) is 0 Å². The van der Waals surface area contributed by atoms with Crippen LogP contribution in [0.1, 0.15) is 23.1 Å². The third kappa shape index (κ3) is 6.38. The molecule has 2 N–H and O–H groups in total. The van der Waals surface area contributed by atoms with Crippen LogP contribution in [0.5, 0.6) is 5.75 Å². The molecule has 0 saturated heterocycles. The summed E-state index contributed by atoms with van der Waals surface area (Å²) in [5.41, 5.74) is 1.80. The number of nitrogens with zero attached hydrogens (tertiary/aromatic N) is 4. The van der Waals surface area contributed by atoms with Gasteiger partial charge in [0.15, 0.2) is 10.3 Å². The number of carbonyl (C=O) groups excluding carboxylic acids is 1. The van der Waals surface area contributed by atoms with Gasteiger partial charge in [-0.3, -0.25) is 9.89 Å². The first kappa shape index (κ1) is 22.0. The lowest BCUT2D eigenvalue weighted by atomic mass is 10.1. The third-order valence-corrected chi connectivity index (χ3v) is 5.97. The average Bonchev–Trinajstić information content (AvgIpc) is 3.40. The molecular weight excluding hydrogens is 444 g/mol. The monoisotopic (exact) mass is 466 g/mol. The smallest absolute Gasteiger partial charge is 0.232 e. The number of benzene rings is 1. The van der Waals surface area contributed by atoms with E-state index in [-0.39, 0.29) is 18.4 Å². The molecule has 32 heavy (non-hydrogen) atoms. The summed E-state index contributed by atoms with van der Waals surface area (Å²) in [6, 6.07) is 13.8. The van der Waals surface area contributed by atoms with Crippen LogP contribution in [0.25, 0.3) is 0 Å². The van der Waals surface area contributed by atoms with E-state index < -0.39 is 0 Å². The molecule has 1 amide bonds. The number of aryl methyl sites for hydroxylation is 1. The number of nitrogens with one attached hydrogen (secondary N) is 2. The molecule has 0 spiro atoms. The zero-order chi connectivity index (χ0) is 22.3. The fourth-order valence-electron chi connectivity index (χ4n) is 3.05. The first-order valence-corrected chi connectivity index (χ1v) is 11.6. The van der Waals surface area contributed by atoms with Crippen molar-refractivity contribution in [1.82, 2.24) is 25.1 Å². The maximum atomic E-state index is 12.5. The molecule has 0 aliphatic heterocycles. The second-order valence-corrected chi connectivity index (χ2v) is 9.39. The Morgan fingerprint density at radius 2 is 2.09 bits per heavy atom. The summed E-state index contributed by atoms with van der Waals surface area (Å²) in [6.07, 6.45) is 3.99. The van der Waals surface area contributed by atoms with Gasteiger partial charge in [-0.15, -0.1) is 11.3 Å². The number of carbonyl (C=O) groups is 1. The number of thiazole rings is 1. The average molecular weight is 467 g/mol. The standard InChI is InChI=1S/C22H22N6O2S2/c1-14(8-16-6-4-3-5-7-16)30-18-9-17(10-19(29)27-21-23-12-15(2)31-21)26-20(11-18)32-22-24-13-25-28-22/h3-7,9,11-14H,8,10H2,1-2H3,(H,23,27,29)(H,24,25,28)/t14-/m0/s1. The van der Waals surface area contributed by atoms with Crippen molar-refractivity contribution in [1.29, 1.82) is 0 Å². The van der Waals surface area contributed by atoms with Crippen molar-refractivity contribution in [2.24, 2.45) is 0 Å². The van der Waals surface area contributed by atoms with Gasteiger partial charge in [-0.25, -0.2) is 15.0 Å². The molecule has 0 unspecified atom stereocenters. The minimum atomic E-state index is -0.183. The maximum Gasteiger partial charge on any atom is 0.232 e. The first-order valence-electron chi connectivity index (χ1n) is 10.0. The van der Waals surface area contributed by atoms with Crippen LogP contribution in [-0.2, 0) is 17.6 Å². The van der Waals surface area contributed by atoms with E-state index in [1.54, 1.807) is 12.3 Å². The highest BCUT2D eigenvalue weighted by molar-refractivity contribution is 7.99. The minimum absolute atomic E-state index is 0.0529. The van der Waals surface area contributed by atoms with E-state index in [4.69, 9.17) is 4.74 Å². The fraction of sp³-hybridized carbons (Fsp3) is 0.227. The number of H-pyrrole nitrogens is 1. The Labute approximate surface area is 193 Å². The topological polar surface area (TPSA) is 106 Å². The highest BCUT2D eigenvalue weighted by atomic mass is 32.2. The van der Waals surface area contributed by atoms with Crippen molar-refractivity contribution in [3.63, 3.8) is 0 Å². The van der Waals surface area contributed by atoms with Gasteiger partial charge >= 0.3 is 0 Å². The molecule has 0 saturated carbocycles. The van der Waals surface area contributed by atoms with Crippen LogP contribution in [0, 0.1) is 6.92 Å². The zero-order valence-electron chi connectivity index (χ0n) is 17.6. The number of rotatable bonds is 9. The van der Waals surface area contributed by atoms with E-state index >= 15 is 0 Å². The number of pyridine rings is 1. The molecule has 3 aromatic heterocycles. The molecule has 3 heterocycles. The van der Waals surface area contributed by atoms with Crippen molar-refractivity contribution in [3.05, 3.63) is 71.1 Å². The molecule has 1 aromatic carbocycles. The van der Waals surface area contributed by atoms with Gasteiger partial charge in [0.2, 0.25) is 5.91 Å². The molecule has 0 radical (unpaired) electrons. The first-order chi connectivity index (χ1) is 15.5. The highest BCUT2D eigenvalue weighted by Crippen LogP contribution is 2.28.